The van der Waals surface area contributed by atoms with Gasteiger partial charge in [0.25, 0.3) is 5.91 Å². The first kappa shape index (κ1) is 19.6. The average Bonchev–Trinajstić information content (AvgIpc) is 2.68. The Morgan fingerprint density at radius 2 is 1.52 bits per heavy atom. The second-order valence-corrected chi connectivity index (χ2v) is 9.18. The lowest BCUT2D eigenvalue weighted by atomic mass is 10.0. The Morgan fingerprint density at radius 1 is 0.926 bits per heavy atom. The van der Waals surface area contributed by atoms with E-state index in [0.717, 1.165) is 5.56 Å². The number of piperazine rings is 1. The van der Waals surface area contributed by atoms with Crippen molar-refractivity contribution in [1.82, 2.24) is 9.21 Å². The third kappa shape index (κ3) is 4.76. The quantitative estimate of drug-likeness (QED) is 0.793. The van der Waals surface area contributed by atoms with Gasteiger partial charge in [0.2, 0.25) is 10.0 Å². The lowest BCUT2D eigenvalue weighted by molar-refractivity contribution is 0.0697. The van der Waals surface area contributed by atoms with Crippen LogP contribution < -0.4 is 0 Å². The number of hydrogen-bond donors (Lipinski definition) is 0. The number of carbonyl (C=O) groups excluding carboxylic acids is 1. The first-order chi connectivity index (χ1) is 12.9. The van der Waals surface area contributed by atoms with Crippen LogP contribution in [0.25, 0.3) is 0 Å². The Kier molecular flexibility index (Phi) is 5.97. The van der Waals surface area contributed by atoms with Crippen LogP contribution in [0.5, 0.6) is 0 Å². The SMILES string of the molecule is CC(C)c1ccc(C(=O)N2CCN(S(=O)(=O)Cc3ccccc3)CC2)cc1. The largest absolute Gasteiger partial charge is 0.336 e. The summed E-state index contributed by atoms with van der Waals surface area (Å²) in [4.78, 5) is 14.4. The van der Waals surface area contributed by atoms with Crippen molar-refractivity contribution in [3.8, 4) is 0 Å². The monoisotopic (exact) mass is 386 g/mol. The van der Waals surface area contributed by atoms with Crippen LogP contribution in [0.4, 0.5) is 0 Å². The molecular weight excluding hydrogens is 360 g/mol. The molecule has 0 radical (unpaired) electrons. The Bertz CT molecular complexity index is 869. The van der Waals surface area contributed by atoms with E-state index in [1.54, 1.807) is 4.90 Å². The van der Waals surface area contributed by atoms with Crippen LogP contribution in [0, 0.1) is 0 Å². The van der Waals surface area contributed by atoms with Crippen molar-refractivity contribution >= 4 is 15.9 Å². The molecule has 0 aliphatic carbocycles. The number of sulfonamides is 1. The highest BCUT2D eigenvalue weighted by molar-refractivity contribution is 7.88. The molecule has 2 aromatic rings. The van der Waals surface area contributed by atoms with Gasteiger partial charge in [-0.15, -0.1) is 0 Å². The number of hydrogen-bond acceptors (Lipinski definition) is 3. The summed E-state index contributed by atoms with van der Waals surface area (Å²) in [7, 11) is -3.37. The predicted octanol–water partition coefficient (Wildman–Crippen LogP) is 3.10. The van der Waals surface area contributed by atoms with Crippen LogP contribution in [0.15, 0.2) is 54.6 Å². The highest BCUT2D eigenvalue weighted by atomic mass is 32.2. The molecule has 1 aliphatic rings. The fraction of sp³-hybridized carbons (Fsp3) is 0.381. The summed E-state index contributed by atoms with van der Waals surface area (Å²) in [6.45, 7) is 5.74. The van der Waals surface area contributed by atoms with Crippen molar-refractivity contribution in [3.05, 3.63) is 71.3 Å². The van der Waals surface area contributed by atoms with Crippen molar-refractivity contribution in [1.29, 1.82) is 0 Å². The first-order valence-electron chi connectivity index (χ1n) is 9.28. The van der Waals surface area contributed by atoms with Crippen LogP contribution in [0.3, 0.4) is 0 Å². The fourth-order valence-corrected chi connectivity index (χ4v) is 4.75. The summed E-state index contributed by atoms with van der Waals surface area (Å²) in [6, 6.07) is 16.9. The second kappa shape index (κ2) is 8.23. The lowest BCUT2D eigenvalue weighted by Gasteiger charge is -2.34. The number of nitrogens with zero attached hydrogens (tertiary/aromatic N) is 2. The minimum atomic E-state index is -3.37. The molecule has 0 aromatic heterocycles. The second-order valence-electron chi connectivity index (χ2n) is 7.21. The Balaban J connectivity index is 1.60. The van der Waals surface area contributed by atoms with Gasteiger partial charge in [0, 0.05) is 31.7 Å². The molecule has 2 aromatic carbocycles. The predicted molar refractivity (Wildman–Crippen MR) is 107 cm³/mol. The molecular formula is C21H26N2O3S. The lowest BCUT2D eigenvalue weighted by Crippen LogP contribution is -2.50. The van der Waals surface area contributed by atoms with E-state index in [-0.39, 0.29) is 11.7 Å². The molecule has 0 spiro atoms. The highest BCUT2D eigenvalue weighted by Crippen LogP contribution is 2.18. The van der Waals surface area contributed by atoms with Gasteiger partial charge < -0.3 is 4.90 Å². The van der Waals surface area contributed by atoms with Gasteiger partial charge in [-0.1, -0.05) is 56.3 Å². The van der Waals surface area contributed by atoms with Crippen molar-refractivity contribution in [2.75, 3.05) is 26.2 Å². The zero-order valence-corrected chi connectivity index (χ0v) is 16.7. The molecule has 1 heterocycles. The highest BCUT2D eigenvalue weighted by Gasteiger charge is 2.29. The molecule has 6 heteroatoms. The zero-order chi connectivity index (χ0) is 19.4. The van der Waals surface area contributed by atoms with Crippen LogP contribution in [-0.4, -0.2) is 49.7 Å². The fourth-order valence-electron chi connectivity index (χ4n) is 3.24. The summed E-state index contributed by atoms with van der Waals surface area (Å²) < 4.78 is 26.7. The Morgan fingerprint density at radius 3 is 2.07 bits per heavy atom. The zero-order valence-electron chi connectivity index (χ0n) is 15.8. The Hall–Kier alpha value is -2.18. The molecule has 1 amide bonds. The normalized spacial score (nSPS) is 15.9. The molecule has 5 nitrogen and oxygen atoms in total. The van der Waals surface area contributed by atoms with Gasteiger partial charge in [-0.25, -0.2) is 8.42 Å². The molecule has 1 aliphatic heterocycles. The minimum absolute atomic E-state index is 0.00154. The molecule has 0 N–H and O–H groups in total. The molecule has 27 heavy (non-hydrogen) atoms. The molecule has 1 saturated heterocycles. The van der Waals surface area contributed by atoms with Crippen molar-refractivity contribution in [2.45, 2.75) is 25.5 Å². The number of carbonyl (C=O) groups is 1. The molecule has 0 bridgehead atoms. The van der Waals surface area contributed by atoms with Gasteiger partial charge in [-0.2, -0.15) is 4.31 Å². The van der Waals surface area contributed by atoms with E-state index in [1.165, 1.54) is 9.87 Å². The molecule has 1 fully saturated rings. The number of amides is 1. The van der Waals surface area contributed by atoms with Crippen LogP contribution in [0.1, 0.15) is 41.3 Å². The number of benzene rings is 2. The Labute approximate surface area is 161 Å². The average molecular weight is 387 g/mol. The van der Waals surface area contributed by atoms with Crippen molar-refractivity contribution in [2.24, 2.45) is 0 Å². The smallest absolute Gasteiger partial charge is 0.253 e. The van der Waals surface area contributed by atoms with Crippen molar-refractivity contribution in [3.63, 3.8) is 0 Å². The van der Waals surface area contributed by atoms with Crippen LogP contribution in [0.2, 0.25) is 0 Å². The maximum absolute atomic E-state index is 12.7. The van der Waals surface area contributed by atoms with Gasteiger partial charge in [-0.05, 0) is 29.2 Å². The van der Waals surface area contributed by atoms with Gasteiger partial charge in [0.1, 0.15) is 0 Å². The van der Waals surface area contributed by atoms with Crippen molar-refractivity contribution < 1.29 is 13.2 Å². The summed E-state index contributed by atoms with van der Waals surface area (Å²) >= 11 is 0. The molecule has 144 valence electrons. The van der Waals surface area contributed by atoms with E-state index in [1.807, 2.05) is 54.6 Å². The minimum Gasteiger partial charge on any atom is -0.336 e. The third-order valence-corrected chi connectivity index (χ3v) is 6.79. The van der Waals surface area contributed by atoms with E-state index in [9.17, 15) is 13.2 Å². The molecule has 0 saturated carbocycles. The first-order valence-corrected chi connectivity index (χ1v) is 10.9. The van der Waals surface area contributed by atoms with Gasteiger partial charge in [0.15, 0.2) is 0 Å². The maximum Gasteiger partial charge on any atom is 0.253 e. The van der Waals surface area contributed by atoms with E-state index < -0.39 is 10.0 Å². The van der Waals surface area contributed by atoms with Gasteiger partial charge in [0.05, 0.1) is 5.75 Å². The maximum atomic E-state index is 12.7. The summed E-state index contributed by atoms with van der Waals surface area (Å²) in [5, 5.41) is 0. The standard InChI is InChI=1S/C21H26N2O3S/c1-17(2)19-8-10-20(11-9-19)21(24)22-12-14-23(15-13-22)27(25,26)16-18-6-4-3-5-7-18/h3-11,17H,12-16H2,1-2H3. The van der Waals surface area contributed by atoms with Gasteiger partial charge >= 0.3 is 0 Å². The van der Waals surface area contributed by atoms with Crippen LogP contribution in [-0.2, 0) is 15.8 Å². The summed E-state index contributed by atoms with van der Waals surface area (Å²) in [5.41, 5.74) is 2.63. The van der Waals surface area contributed by atoms with E-state index >= 15 is 0 Å². The van der Waals surface area contributed by atoms with E-state index in [2.05, 4.69) is 13.8 Å². The molecule has 3 rings (SSSR count). The van der Waals surface area contributed by atoms with Crippen LogP contribution >= 0.6 is 0 Å². The van der Waals surface area contributed by atoms with Gasteiger partial charge in [-0.3, -0.25) is 4.79 Å². The van der Waals surface area contributed by atoms with E-state index in [4.69, 9.17) is 0 Å². The topological polar surface area (TPSA) is 57.7 Å². The molecule has 0 unspecified atom stereocenters. The molecule has 0 atom stereocenters. The summed E-state index contributed by atoms with van der Waals surface area (Å²) in [6.07, 6.45) is 0. The summed E-state index contributed by atoms with van der Waals surface area (Å²) in [5.74, 6) is 0.385. The number of rotatable bonds is 5. The van der Waals surface area contributed by atoms with E-state index in [0.29, 0.717) is 37.7 Å². The third-order valence-electron chi connectivity index (χ3n) is 4.94.